The number of halogens is 8. The number of anilines is 1. The molecule has 0 spiro atoms. The Kier molecular flexibility index (Phi) is 7.14. The van der Waals surface area contributed by atoms with Gasteiger partial charge in [0.2, 0.25) is 0 Å². The number of hydrogen-bond donors (Lipinski definition) is 1. The lowest BCUT2D eigenvalue weighted by atomic mass is 10.1. The Balaban J connectivity index is 2.06. The first kappa shape index (κ1) is 22.7. The first-order valence-corrected chi connectivity index (χ1v) is 9.34. The van der Waals surface area contributed by atoms with E-state index in [9.17, 15) is 30.7 Å². The van der Waals surface area contributed by atoms with Gasteiger partial charge in [-0.3, -0.25) is 0 Å². The lowest BCUT2D eigenvalue weighted by Gasteiger charge is -2.16. The normalized spacial score (nSPS) is 13.5. The smallest absolute Gasteiger partial charge is 0.381 e. The van der Waals surface area contributed by atoms with Gasteiger partial charge in [0, 0.05) is 11.4 Å². The van der Waals surface area contributed by atoms with Crippen molar-refractivity contribution in [1.29, 1.82) is 0 Å². The van der Waals surface area contributed by atoms with E-state index in [0.717, 1.165) is 18.2 Å². The Hall–Kier alpha value is -1.61. The van der Waals surface area contributed by atoms with Gasteiger partial charge in [-0.25, -0.2) is 4.39 Å². The molecular weight excluding hydrogens is 431 g/mol. The highest BCUT2D eigenvalue weighted by Gasteiger charge is 2.30. The molecule has 10 heteroatoms. The standard InChI is InChI=1S/C18H15ClF7NS/c1-10-6-14(20)15(7-16(10)28-9-17(21,22)23)27-8-13(19)11-2-4-12(5-3-11)18(24,25)26/h2-7,13,27H,8-9H2,1H3. The largest absolute Gasteiger partial charge is 0.416 e. The maximum Gasteiger partial charge on any atom is 0.416 e. The first-order valence-electron chi connectivity index (χ1n) is 7.91. The zero-order valence-electron chi connectivity index (χ0n) is 14.4. The molecule has 2 aromatic carbocycles. The third-order valence-corrected chi connectivity index (χ3v) is 5.36. The molecule has 0 heterocycles. The molecule has 0 aliphatic rings. The molecular formula is C18H15ClF7NS. The number of benzene rings is 2. The van der Waals surface area contributed by atoms with E-state index < -0.39 is 34.9 Å². The Morgan fingerprint density at radius 1 is 1.04 bits per heavy atom. The van der Waals surface area contributed by atoms with Crippen molar-refractivity contribution in [2.24, 2.45) is 0 Å². The van der Waals surface area contributed by atoms with Crippen molar-refractivity contribution in [2.45, 2.75) is 29.5 Å². The lowest BCUT2D eigenvalue weighted by Crippen LogP contribution is -2.12. The number of aryl methyl sites for hydroxylation is 1. The maximum absolute atomic E-state index is 14.1. The van der Waals surface area contributed by atoms with Gasteiger partial charge >= 0.3 is 12.4 Å². The fourth-order valence-corrected chi connectivity index (χ4v) is 3.33. The first-order chi connectivity index (χ1) is 12.9. The topological polar surface area (TPSA) is 12.0 Å². The van der Waals surface area contributed by atoms with Crippen LogP contribution in [0.5, 0.6) is 0 Å². The highest BCUT2D eigenvalue weighted by Crippen LogP contribution is 2.34. The Morgan fingerprint density at radius 2 is 1.64 bits per heavy atom. The summed E-state index contributed by atoms with van der Waals surface area (Å²) in [5.74, 6) is -1.77. The van der Waals surface area contributed by atoms with Gasteiger partial charge in [-0.15, -0.1) is 23.4 Å². The molecule has 1 nitrogen and oxygen atoms in total. The average molecular weight is 446 g/mol. The third kappa shape index (κ3) is 6.48. The third-order valence-electron chi connectivity index (χ3n) is 3.73. The highest BCUT2D eigenvalue weighted by molar-refractivity contribution is 7.99. The van der Waals surface area contributed by atoms with E-state index in [-0.39, 0.29) is 17.1 Å². The van der Waals surface area contributed by atoms with E-state index in [1.54, 1.807) is 0 Å². The van der Waals surface area contributed by atoms with Gasteiger partial charge in [0.25, 0.3) is 0 Å². The molecule has 0 aromatic heterocycles. The van der Waals surface area contributed by atoms with Crippen molar-refractivity contribution >= 4 is 29.1 Å². The van der Waals surface area contributed by atoms with Crippen molar-refractivity contribution in [2.75, 3.05) is 17.6 Å². The number of nitrogens with one attached hydrogen (secondary N) is 1. The molecule has 2 aromatic rings. The summed E-state index contributed by atoms with van der Waals surface area (Å²) in [6.07, 6.45) is -8.82. The molecule has 0 bridgehead atoms. The summed E-state index contributed by atoms with van der Waals surface area (Å²) in [5.41, 5.74) is -0.0966. The quantitative estimate of drug-likeness (QED) is 0.286. The molecule has 154 valence electrons. The number of alkyl halides is 7. The van der Waals surface area contributed by atoms with Crippen LogP contribution in [0.25, 0.3) is 0 Å². The van der Waals surface area contributed by atoms with Gasteiger partial charge in [0.15, 0.2) is 0 Å². The van der Waals surface area contributed by atoms with Crippen LogP contribution in [0.15, 0.2) is 41.3 Å². The minimum Gasteiger partial charge on any atom is -0.381 e. The van der Waals surface area contributed by atoms with Gasteiger partial charge in [-0.05, 0) is 42.3 Å². The van der Waals surface area contributed by atoms with Gasteiger partial charge in [0.05, 0.1) is 22.4 Å². The number of thioether (sulfide) groups is 1. The summed E-state index contributed by atoms with van der Waals surface area (Å²) in [6.45, 7) is 1.47. The van der Waals surface area contributed by atoms with Crippen molar-refractivity contribution in [3.63, 3.8) is 0 Å². The molecule has 0 aliphatic carbocycles. The Labute approximate surface area is 166 Å². The molecule has 0 saturated heterocycles. The van der Waals surface area contributed by atoms with Crippen LogP contribution in [-0.2, 0) is 6.18 Å². The SMILES string of the molecule is Cc1cc(F)c(NCC(Cl)c2ccc(C(F)(F)F)cc2)cc1SCC(F)(F)F. The van der Waals surface area contributed by atoms with Crippen LogP contribution in [0.2, 0.25) is 0 Å². The second kappa shape index (κ2) is 8.82. The van der Waals surface area contributed by atoms with E-state index in [1.165, 1.54) is 25.1 Å². The molecule has 1 atom stereocenters. The van der Waals surface area contributed by atoms with E-state index in [2.05, 4.69) is 5.32 Å². The molecule has 0 saturated carbocycles. The number of rotatable bonds is 6. The van der Waals surface area contributed by atoms with Gasteiger partial charge in [0.1, 0.15) is 5.82 Å². The molecule has 1 N–H and O–H groups in total. The molecule has 2 rings (SSSR count). The predicted octanol–water partition coefficient (Wildman–Crippen LogP) is 7.20. The van der Waals surface area contributed by atoms with Crippen LogP contribution in [0.3, 0.4) is 0 Å². The summed E-state index contributed by atoms with van der Waals surface area (Å²) in [7, 11) is 0. The van der Waals surface area contributed by atoms with E-state index in [4.69, 9.17) is 11.6 Å². The van der Waals surface area contributed by atoms with E-state index >= 15 is 0 Å². The fourth-order valence-electron chi connectivity index (χ4n) is 2.30. The molecule has 0 radical (unpaired) electrons. The van der Waals surface area contributed by atoms with Gasteiger partial charge in [-0.2, -0.15) is 26.3 Å². The van der Waals surface area contributed by atoms with Crippen LogP contribution in [0.1, 0.15) is 22.1 Å². The number of hydrogen-bond acceptors (Lipinski definition) is 2. The second-order valence-corrected chi connectivity index (χ2v) is 7.51. The predicted molar refractivity (Wildman–Crippen MR) is 96.4 cm³/mol. The van der Waals surface area contributed by atoms with E-state index in [1.807, 2.05) is 0 Å². The van der Waals surface area contributed by atoms with Crippen LogP contribution in [0.4, 0.5) is 36.4 Å². The highest BCUT2D eigenvalue weighted by atomic mass is 35.5. The molecule has 0 aliphatic heterocycles. The Morgan fingerprint density at radius 3 is 2.18 bits per heavy atom. The summed E-state index contributed by atoms with van der Waals surface area (Å²) in [6, 6.07) is 6.60. The van der Waals surface area contributed by atoms with Crippen molar-refractivity contribution in [3.05, 3.63) is 58.9 Å². The zero-order valence-corrected chi connectivity index (χ0v) is 16.0. The van der Waals surface area contributed by atoms with Crippen molar-refractivity contribution in [3.8, 4) is 0 Å². The van der Waals surface area contributed by atoms with Crippen LogP contribution < -0.4 is 5.32 Å². The van der Waals surface area contributed by atoms with Gasteiger partial charge in [-0.1, -0.05) is 12.1 Å². The molecule has 28 heavy (non-hydrogen) atoms. The summed E-state index contributed by atoms with van der Waals surface area (Å²) < 4.78 is 89.0. The minimum atomic E-state index is -4.46. The van der Waals surface area contributed by atoms with Crippen LogP contribution in [-0.4, -0.2) is 18.5 Å². The fraction of sp³-hybridized carbons (Fsp3) is 0.333. The maximum atomic E-state index is 14.1. The molecule has 1 unspecified atom stereocenters. The zero-order chi connectivity index (χ0) is 21.1. The second-order valence-electron chi connectivity index (χ2n) is 5.97. The van der Waals surface area contributed by atoms with Crippen molar-refractivity contribution in [1.82, 2.24) is 0 Å². The summed E-state index contributed by atoms with van der Waals surface area (Å²) >= 11 is 6.69. The average Bonchev–Trinajstić information content (AvgIpc) is 2.58. The lowest BCUT2D eigenvalue weighted by molar-refractivity contribution is -0.137. The van der Waals surface area contributed by atoms with Crippen LogP contribution >= 0.6 is 23.4 Å². The summed E-state index contributed by atoms with van der Waals surface area (Å²) in [5, 5.41) is 1.93. The molecule has 0 fully saturated rings. The van der Waals surface area contributed by atoms with Crippen LogP contribution in [0, 0.1) is 12.7 Å². The monoisotopic (exact) mass is 445 g/mol. The van der Waals surface area contributed by atoms with E-state index in [0.29, 0.717) is 22.9 Å². The van der Waals surface area contributed by atoms with Crippen molar-refractivity contribution < 1.29 is 30.7 Å². The minimum absolute atomic E-state index is 0.0315. The van der Waals surface area contributed by atoms with Gasteiger partial charge < -0.3 is 5.32 Å². The molecule has 0 amide bonds. The summed E-state index contributed by atoms with van der Waals surface area (Å²) in [4.78, 5) is 0.266. The Bertz CT molecular complexity index is 803.